The predicted octanol–water partition coefficient (Wildman–Crippen LogP) is 0.391. The number of anilines is 1. The molecule has 1 amide bonds. The van der Waals surface area contributed by atoms with Crippen LogP contribution in [0.1, 0.15) is 46.7 Å². The Bertz CT molecular complexity index is 1250. The molecule has 2 atom stereocenters. The largest absolute Gasteiger partial charge is 0.457 e. The van der Waals surface area contributed by atoms with E-state index < -0.39 is 70.3 Å². The minimum absolute atomic E-state index is 0.0687. The van der Waals surface area contributed by atoms with E-state index in [-0.39, 0.29) is 36.2 Å². The average Bonchev–Trinajstić information content (AvgIpc) is 3.24. The Morgan fingerprint density at radius 1 is 1.31 bits per heavy atom. The molecule has 2 aliphatic rings. The van der Waals surface area contributed by atoms with Gasteiger partial charge in [-0.25, -0.2) is 9.29 Å². The lowest BCUT2D eigenvalue weighted by Crippen LogP contribution is -2.62. The van der Waals surface area contributed by atoms with Crippen LogP contribution in [0, 0.1) is 11.3 Å². The van der Waals surface area contributed by atoms with E-state index in [1.807, 2.05) is 0 Å². The van der Waals surface area contributed by atoms with Gasteiger partial charge >= 0.3 is 16.3 Å². The average molecular weight is 591 g/mol. The number of amides is 1. The highest BCUT2D eigenvalue weighted by molar-refractivity contribution is 7.85. The zero-order valence-electron chi connectivity index (χ0n) is 21.9. The van der Waals surface area contributed by atoms with E-state index in [1.54, 1.807) is 0 Å². The number of nitrogen functional groups attached to an aromatic ring is 1. The molecule has 2 aliphatic heterocycles. The molecule has 1 aromatic rings. The molecule has 15 nitrogen and oxygen atoms in total. The van der Waals surface area contributed by atoms with Gasteiger partial charge in [0.1, 0.15) is 11.8 Å². The fraction of sp³-hybridized carbons (Fsp3) is 0.636. The van der Waals surface area contributed by atoms with Crippen molar-refractivity contribution in [2.75, 3.05) is 25.6 Å². The first-order chi connectivity index (χ1) is 18.1. The molecule has 0 aliphatic carbocycles. The highest BCUT2D eigenvalue weighted by atomic mass is 32.2. The van der Waals surface area contributed by atoms with E-state index >= 15 is 0 Å². The molecular weight excluding hydrogens is 560 g/mol. The van der Waals surface area contributed by atoms with E-state index in [2.05, 4.69) is 10.1 Å². The van der Waals surface area contributed by atoms with Gasteiger partial charge in [0.05, 0.1) is 37.2 Å². The topological polar surface area (TPSA) is 203 Å². The molecule has 0 saturated carbocycles. The van der Waals surface area contributed by atoms with E-state index in [9.17, 15) is 27.6 Å². The Kier molecular flexibility index (Phi) is 8.99. The highest BCUT2D eigenvalue weighted by Crippen LogP contribution is 2.34. The second kappa shape index (κ2) is 11.5. The zero-order chi connectivity index (χ0) is 29.2. The number of oxime groups is 1. The van der Waals surface area contributed by atoms with Gasteiger partial charge in [-0.05, 0) is 20.8 Å². The van der Waals surface area contributed by atoms with Gasteiger partial charge in [-0.15, -0.1) is 11.3 Å². The molecule has 17 heteroatoms. The van der Waals surface area contributed by atoms with Gasteiger partial charge in [0, 0.05) is 25.6 Å². The monoisotopic (exact) mass is 590 g/mol. The number of β-lactam (4-membered cyclic amide) rings is 1. The Hall–Kier alpha value is -3.15. The number of thiazole rings is 1. The Labute approximate surface area is 228 Å². The first kappa shape index (κ1) is 30.4. The van der Waals surface area contributed by atoms with Crippen molar-refractivity contribution in [2.24, 2.45) is 16.5 Å². The summed E-state index contributed by atoms with van der Waals surface area (Å²) in [5, 5.41) is 5.37. The highest BCUT2D eigenvalue weighted by Gasteiger charge is 2.53. The first-order valence-corrected chi connectivity index (χ1v) is 14.0. The molecule has 3 rings (SSSR count). The summed E-state index contributed by atoms with van der Waals surface area (Å²) in [5.74, 6) is -4.76. The summed E-state index contributed by atoms with van der Waals surface area (Å²) in [4.78, 5) is 58.1. The third kappa shape index (κ3) is 7.09. The van der Waals surface area contributed by atoms with Crippen molar-refractivity contribution in [2.45, 2.75) is 59.0 Å². The second-order valence-electron chi connectivity index (χ2n) is 9.99. The standard InChI is InChI=1S/C22H30N4O11S2/c1-12-14(6-16(28)17(15-9-38-20(23)24-15)25-37-22(4,5)34-11-27)18(29)26(12)39(31,32)35-10-21(2,3)19(30)36-13-7-33-8-13/h9,11-14H,6-8,10H2,1-5H3,(H2,23,24)/b25-17+/t12-,14-/m0/s1. The third-order valence-corrected chi connectivity index (χ3v) is 7.94. The number of nitrogens with two attached hydrogens (primary N) is 1. The summed E-state index contributed by atoms with van der Waals surface area (Å²) in [6.07, 6.45) is -0.825. The number of rotatable bonds is 14. The SMILES string of the molecule is C[C@H]1[C@H](CC(=O)/C(=N/OC(C)(C)OC=O)c2csc(N)n2)C(=O)N1S(=O)(=O)OCC(C)(C)C(=O)OC1COC1. The van der Waals surface area contributed by atoms with Gasteiger partial charge in [-0.3, -0.25) is 23.4 Å². The molecule has 0 radical (unpaired) electrons. The maximum absolute atomic E-state index is 13.1. The molecule has 0 aromatic carbocycles. The quantitative estimate of drug-likeness (QED) is 0.0779. The number of ketones is 1. The summed E-state index contributed by atoms with van der Waals surface area (Å²) < 4.78 is 46.0. The maximum atomic E-state index is 13.1. The molecule has 0 unspecified atom stereocenters. The van der Waals surface area contributed by atoms with Crippen LogP contribution in [-0.2, 0) is 52.7 Å². The number of aromatic nitrogens is 1. The number of hydrogen-bond acceptors (Lipinski definition) is 15. The van der Waals surface area contributed by atoms with Crippen molar-refractivity contribution in [1.82, 2.24) is 9.29 Å². The van der Waals surface area contributed by atoms with Gasteiger partial charge < -0.3 is 24.8 Å². The van der Waals surface area contributed by atoms with E-state index in [4.69, 9.17) is 29.0 Å². The molecule has 1 aromatic heterocycles. The van der Waals surface area contributed by atoms with Crippen molar-refractivity contribution in [3.8, 4) is 0 Å². The van der Waals surface area contributed by atoms with Crippen LogP contribution in [0.25, 0.3) is 0 Å². The molecule has 216 valence electrons. The Balaban J connectivity index is 1.66. The lowest BCUT2D eigenvalue weighted by atomic mass is 9.86. The molecule has 0 spiro atoms. The molecule has 2 fully saturated rings. The van der Waals surface area contributed by atoms with Crippen LogP contribution >= 0.6 is 11.3 Å². The maximum Gasteiger partial charge on any atom is 0.364 e. The van der Waals surface area contributed by atoms with Crippen molar-refractivity contribution in [3.05, 3.63) is 11.1 Å². The van der Waals surface area contributed by atoms with E-state index in [0.717, 1.165) is 11.3 Å². The van der Waals surface area contributed by atoms with Gasteiger partial charge in [0.2, 0.25) is 5.91 Å². The van der Waals surface area contributed by atoms with Gasteiger partial charge in [-0.2, -0.15) is 8.42 Å². The number of Topliss-reactive ketones (excluding diaryl/α,β-unsaturated/α-hetero) is 1. The van der Waals surface area contributed by atoms with Crippen LogP contribution in [0.5, 0.6) is 0 Å². The molecule has 3 heterocycles. The lowest BCUT2D eigenvalue weighted by Gasteiger charge is -2.43. The summed E-state index contributed by atoms with van der Waals surface area (Å²) >= 11 is 1.03. The number of esters is 1. The van der Waals surface area contributed by atoms with Crippen molar-refractivity contribution >= 4 is 56.6 Å². The van der Waals surface area contributed by atoms with Crippen LogP contribution in [0.3, 0.4) is 0 Å². The number of hydrogen-bond donors (Lipinski definition) is 1. The summed E-state index contributed by atoms with van der Waals surface area (Å²) in [7, 11) is -4.57. The second-order valence-corrected chi connectivity index (χ2v) is 12.4. The smallest absolute Gasteiger partial charge is 0.364 e. The van der Waals surface area contributed by atoms with Crippen LogP contribution in [0.15, 0.2) is 10.5 Å². The first-order valence-electron chi connectivity index (χ1n) is 11.7. The van der Waals surface area contributed by atoms with Crippen LogP contribution in [0.4, 0.5) is 5.13 Å². The number of nitrogens with zero attached hydrogens (tertiary/aromatic N) is 3. The minimum Gasteiger partial charge on any atom is -0.457 e. The van der Waals surface area contributed by atoms with E-state index in [1.165, 1.54) is 40.0 Å². The molecule has 2 N–H and O–H groups in total. The van der Waals surface area contributed by atoms with E-state index in [0.29, 0.717) is 4.31 Å². The number of carbonyl (C=O) groups excluding carboxylic acids is 4. The van der Waals surface area contributed by atoms with Gasteiger partial charge in [0.25, 0.3) is 12.3 Å². The zero-order valence-corrected chi connectivity index (χ0v) is 23.6. The fourth-order valence-electron chi connectivity index (χ4n) is 3.38. The van der Waals surface area contributed by atoms with Crippen LogP contribution in [-0.4, -0.2) is 85.3 Å². The fourth-order valence-corrected chi connectivity index (χ4v) is 5.40. The molecule has 2 saturated heterocycles. The molecular formula is C22H30N4O11S2. The van der Waals surface area contributed by atoms with Crippen molar-refractivity contribution in [1.29, 1.82) is 0 Å². The van der Waals surface area contributed by atoms with Gasteiger partial charge in [0.15, 0.2) is 16.6 Å². The Morgan fingerprint density at radius 2 is 1.97 bits per heavy atom. The minimum atomic E-state index is -4.57. The number of carbonyl (C=O) groups is 4. The Morgan fingerprint density at radius 3 is 2.49 bits per heavy atom. The predicted molar refractivity (Wildman–Crippen MR) is 134 cm³/mol. The summed E-state index contributed by atoms with van der Waals surface area (Å²) in [6.45, 7) is 7.20. The van der Waals surface area contributed by atoms with Crippen molar-refractivity contribution in [3.63, 3.8) is 0 Å². The lowest BCUT2D eigenvalue weighted by molar-refractivity contribution is -0.203. The summed E-state index contributed by atoms with van der Waals surface area (Å²) in [6, 6.07) is -0.939. The third-order valence-electron chi connectivity index (χ3n) is 5.85. The molecule has 0 bridgehead atoms. The van der Waals surface area contributed by atoms with Crippen molar-refractivity contribution < 1.29 is 50.8 Å². The molecule has 39 heavy (non-hydrogen) atoms. The van der Waals surface area contributed by atoms with Crippen LogP contribution < -0.4 is 5.73 Å². The summed E-state index contributed by atoms with van der Waals surface area (Å²) in [5.41, 5.74) is 4.11. The number of ether oxygens (including phenoxy) is 3. The van der Waals surface area contributed by atoms with Crippen LogP contribution in [0.2, 0.25) is 0 Å². The van der Waals surface area contributed by atoms with Gasteiger partial charge in [-0.1, -0.05) is 5.16 Å². The normalized spacial score (nSPS) is 20.6.